The molecule has 0 N–H and O–H groups in total. The molecule has 1 saturated heterocycles. The molecule has 0 radical (unpaired) electrons. The summed E-state index contributed by atoms with van der Waals surface area (Å²) >= 11 is 3.58. The maximum Gasteiger partial charge on any atom is 0.410 e. The monoisotopic (exact) mass is 581 g/mol. The van der Waals surface area contributed by atoms with Crippen LogP contribution in [0.15, 0.2) is 46.0 Å². The summed E-state index contributed by atoms with van der Waals surface area (Å²) in [5.74, 6) is 0.395. The molecule has 2 aliphatic heterocycles. The molecule has 202 valence electrons. The Morgan fingerprint density at radius 1 is 1.08 bits per heavy atom. The molecule has 3 aliphatic rings. The Morgan fingerprint density at radius 3 is 2.45 bits per heavy atom. The number of amides is 2. The molecule has 1 aliphatic carbocycles. The molecule has 0 aromatic heterocycles. The second-order valence-corrected chi connectivity index (χ2v) is 12.7. The number of benzene rings is 2. The van der Waals surface area contributed by atoms with Crippen LogP contribution in [0.25, 0.3) is 0 Å². The van der Waals surface area contributed by atoms with Crippen molar-refractivity contribution in [2.24, 2.45) is 5.18 Å². The van der Waals surface area contributed by atoms with E-state index in [9.17, 15) is 14.5 Å². The zero-order valence-corrected chi connectivity index (χ0v) is 24.1. The number of nitroso groups, excluding NO2 is 1. The third kappa shape index (κ3) is 4.88. The van der Waals surface area contributed by atoms with Gasteiger partial charge < -0.3 is 9.64 Å². The SMILES string of the molecule is CC(C)(C)OC(=O)N1CCC(c2ccc3c(c2)N(c2cccc(Br)c2CN=O)C(=O)C32CCCCC2)CC1. The van der Waals surface area contributed by atoms with Crippen LogP contribution >= 0.6 is 15.9 Å². The van der Waals surface area contributed by atoms with Crippen molar-refractivity contribution in [3.05, 3.63) is 62.5 Å². The molecule has 38 heavy (non-hydrogen) atoms. The highest BCUT2D eigenvalue weighted by Crippen LogP contribution is 2.54. The number of halogens is 1. The smallest absolute Gasteiger partial charge is 0.410 e. The van der Waals surface area contributed by atoms with Crippen molar-refractivity contribution in [2.75, 3.05) is 18.0 Å². The number of hydrogen-bond donors (Lipinski definition) is 0. The average Bonchev–Trinajstić information content (AvgIpc) is 3.11. The molecule has 2 aromatic rings. The number of piperidine rings is 1. The summed E-state index contributed by atoms with van der Waals surface area (Å²) in [6.07, 6.45) is 6.33. The lowest BCUT2D eigenvalue weighted by Gasteiger charge is -2.34. The molecule has 7 nitrogen and oxygen atoms in total. The highest BCUT2D eigenvalue weighted by atomic mass is 79.9. The molecular formula is C30H36BrN3O4. The second kappa shape index (κ2) is 10.4. The highest BCUT2D eigenvalue weighted by molar-refractivity contribution is 9.10. The molecule has 0 atom stereocenters. The fourth-order valence-corrected chi connectivity index (χ4v) is 6.89. The predicted octanol–water partition coefficient (Wildman–Crippen LogP) is 7.71. The van der Waals surface area contributed by atoms with Crippen molar-refractivity contribution in [1.29, 1.82) is 0 Å². The van der Waals surface area contributed by atoms with Crippen LogP contribution in [0, 0.1) is 4.91 Å². The second-order valence-electron chi connectivity index (χ2n) is 11.8. The molecular weight excluding hydrogens is 546 g/mol. The van der Waals surface area contributed by atoms with Gasteiger partial charge in [-0.2, -0.15) is 4.91 Å². The molecule has 2 heterocycles. The van der Waals surface area contributed by atoms with Gasteiger partial charge in [-0.05, 0) is 81.7 Å². The summed E-state index contributed by atoms with van der Waals surface area (Å²) < 4.78 is 6.34. The molecule has 1 saturated carbocycles. The molecule has 5 rings (SSSR count). The molecule has 2 aromatic carbocycles. The maximum absolute atomic E-state index is 14.3. The summed E-state index contributed by atoms with van der Waals surface area (Å²) in [6.45, 7) is 6.93. The summed E-state index contributed by atoms with van der Waals surface area (Å²) in [4.78, 5) is 41.8. The third-order valence-electron chi connectivity index (χ3n) is 8.27. The minimum Gasteiger partial charge on any atom is -0.444 e. The average molecular weight is 583 g/mol. The number of likely N-dealkylation sites (tertiary alicyclic amines) is 1. The van der Waals surface area contributed by atoms with Gasteiger partial charge in [0, 0.05) is 23.1 Å². The number of nitrogens with zero attached hydrogens (tertiary/aromatic N) is 3. The summed E-state index contributed by atoms with van der Waals surface area (Å²) in [5.41, 5.74) is 3.64. The van der Waals surface area contributed by atoms with Gasteiger partial charge in [-0.25, -0.2) is 4.79 Å². The number of fused-ring (bicyclic) bond motifs is 2. The Balaban J connectivity index is 1.49. The van der Waals surface area contributed by atoms with E-state index >= 15 is 0 Å². The minimum absolute atomic E-state index is 0.00825. The van der Waals surface area contributed by atoms with E-state index in [1.165, 1.54) is 5.56 Å². The zero-order valence-electron chi connectivity index (χ0n) is 22.5. The summed E-state index contributed by atoms with van der Waals surface area (Å²) in [7, 11) is 0. The van der Waals surface area contributed by atoms with Crippen molar-refractivity contribution in [3.8, 4) is 0 Å². The number of carbonyl (C=O) groups is 2. The van der Waals surface area contributed by atoms with Crippen molar-refractivity contribution in [3.63, 3.8) is 0 Å². The number of hydrogen-bond acceptors (Lipinski definition) is 5. The Hall–Kier alpha value is -2.74. The lowest BCUT2D eigenvalue weighted by Crippen LogP contribution is -2.41. The molecule has 0 bridgehead atoms. The zero-order chi connectivity index (χ0) is 27.1. The Labute approximate surface area is 233 Å². The summed E-state index contributed by atoms with van der Waals surface area (Å²) in [5, 5.41) is 3.16. The normalized spacial score (nSPS) is 19.5. The van der Waals surface area contributed by atoms with E-state index in [0.29, 0.717) is 13.1 Å². The van der Waals surface area contributed by atoms with E-state index in [0.717, 1.165) is 71.9 Å². The van der Waals surface area contributed by atoms with Gasteiger partial charge in [0.15, 0.2) is 0 Å². The molecule has 0 unspecified atom stereocenters. The van der Waals surface area contributed by atoms with Crippen LogP contribution in [-0.2, 0) is 21.5 Å². The minimum atomic E-state index is -0.514. The van der Waals surface area contributed by atoms with Crippen LogP contribution in [0.4, 0.5) is 16.2 Å². The van der Waals surface area contributed by atoms with Crippen molar-refractivity contribution in [2.45, 2.75) is 89.2 Å². The lowest BCUT2D eigenvalue weighted by atomic mass is 9.70. The highest BCUT2D eigenvalue weighted by Gasteiger charge is 2.52. The first-order valence-corrected chi connectivity index (χ1v) is 14.5. The van der Waals surface area contributed by atoms with Gasteiger partial charge in [0.25, 0.3) is 0 Å². The maximum atomic E-state index is 14.3. The van der Waals surface area contributed by atoms with Crippen molar-refractivity contribution < 1.29 is 14.3 Å². The first kappa shape index (κ1) is 26.9. The van der Waals surface area contributed by atoms with E-state index in [2.05, 4.69) is 39.3 Å². The Kier molecular flexibility index (Phi) is 7.37. The van der Waals surface area contributed by atoms with Crippen LogP contribution in [0.2, 0.25) is 0 Å². The van der Waals surface area contributed by atoms with E-state index < -0.39 is 11.0 Å². The third-order valence-corrected chi connectivity index (χ3v) is 9.02. The van der Waals surface area contributed by atoms with Crippen LogP contribution in [-0.4, -0.2) is 35.6 Å². The van der Waals surface area contributed by atoms with Crippen LogP contribution in [0.5, 0.6) is 0 Å². The van der Waals surface area contributed by atoms with Gasteiger partial charge >= 0.3 is 6.09 Å². The first-order chi connectivity index (χ1) is 18.1. The van der Waals surface area contributed by atoms with Gasteiger partial charge in [-0.15, -0.1) is 0 Å². The quantitative estimate of drug-likeness (QED) is 0.346. The van der Waals surface area contributed by atoms with Gasteiger partial charge in [0.1, 0.15) is 12.1 Å². The van der Waals surface area contributed by atoms with Gasteiger partial charge in [-0.3, -0.25) is 9.69 Å². The van der Waals surface area contributed by atoms with Gasteiger partial charge in [0.05, 0.1) is 16.8 Å². The number of rotatable bonds is 4. The van der Waals surface area contributed by atoms with Crippen LogP contribution in [0.3, 0.4) is 0 Å². The number of ether oxygens (including phenoxy) is 1. The first-order valence-electron chi connectivity index (χ1n) is 13.7. The Bertz CT molecular complexity index is 1240. The molecule has 1 spiro atoms. The van der Waals surface area contributed by atoms with E-state index in [1.807, 2.05) is 43.9 Å². The molecule has 2 fully saturated rings. The lowest BCUT2D eigenvalue weighted by molar-refractivity contribution is -0.123. The van der Waals surface area contributed by atoms with E-state index in [1.54, 1.807) is 4.90 Å². The fourth-order valence-electron chi connectivity index (χ4n) is 6.41. The van der Waals surface area contributed by atoms with Gasteiger partial charge in [-0.1, -0.05) is 58.6 Å². The van der Waals surface area contributed by atoms with Gasteiger partial charge in [0.2, 0.25) is 5.91 Å². The topological polar surface area (TPSA) is 79.3 Å². The van der Waals surface area contributed by atoms with Crippen LogP contribution in [0.1, 0.15) is 88.3 Å². The number of anilines is 2. The van der Waals surface area contributed by atoms with Crippen molar-refractivity contribution >= 4 is 39.3 Å². The number of carbonyl (C=O) groups excluding carboxylic acids is 2. The van der Waals surface area contributed by atoms with E-state index in [-0.39, 0.29) is 24.5 Å². The summed E-state index contributed by atoms with van der Waals surface area (Å²) in [6, 6.07) is 12.3. The largest absolute Gasteiger partial charge is 0.444 e. The van der Waals surface area contributed by atoms with Crippen LogP contribution < -0.4 is 4.90 Å². The fraction of sp³-hybridized carbons (Fsp3) is 0.533. The molecule has 2 amide bonds. The van der Waals surface area contributed by atoms with E-state index in [4.69, 9.17) is 4.74 Å². The predicted molar refractivity (Wildman–Crippen MR) is 152 cm³/mol. The van der Waals surface area contributed by atoms with Crippen molar-refractivity contribution in [1.82, 2.24) is 4.90 Å². The molecule has 8 heteroatoms. The Morgan fingerprint density at radius 2 is 1.79 bits per heavy atom. The standard InChI is InChI=1S/C30H36BrN3O4/c1-29(2,3)38-28(36)33-16-12-20(13-17-33)21-10-11-23-26(18-21)34(27(35)30(23)14-5-4-6-15-30)25-9-7-8-24(31)22(25)19-32-37/h7-11,18,20H,4-6,12-17,19H2,1-3H3.